The van der Waals surface area contributed by atoms with Crippen molar-refractivity contribution in [3.05, 3.63) is 47.7 Å². The van der Waals surface area contributed by atoms with Gasteiger partial charge in [0.2, 0.25) is 11.8 Å². The summed E-state index contributed by atoms with van der Waals surface area (Å²) in [6.45, 7) is 2.78. The van der Waals surface area contributed by atoms with Gasteiger partial charge in [-0.05, 0) is 18.9 Å². The molecule has 8 heteroatoms. The van der Waals surface area contributed by atoms with Crippen LogP contribution in [0, 0.1) is 6.92 Å². The molecule has 0 radical (unpaired) electrons. The standard InChI is InChI=1S/C19H23N5O3/c1-14-11-16(24(21-14)12-15-7-4-3-5-8-15)20-17(25)9-6-10-23-18(26)13-22(2)19(23)27/h3-5,7-8,11H,6,9-10,12-13H2,1-2H3,(H,20,25). The van der Waals surface area contributed by atoms with Crippen LogP contribution in [0.3, 0.4) is 0 Å². The van der Waals surface area contributed by atoms with E-state index in [1.807, 2.05) is 43.3 Å². The number of rotatable bonds is 7. The fourth-order valence-electron chi connectivity index (χ4n) is 3.02. The molecule has 0 bridgehead atoms. The lowest BCUT2D eigenvalue weighted by molar-refractivity contribution is -0.125. The Bertz CT molecular complexity index is 846. The van der Waals surface area contributed by atoms with E-state index >= 15 is 0 Å². The minimum atomic E-state index is -0.308. The Hall–Kier alpha value is -3.16. The minimum absolute atomic E-state index is 0.100. The first-order valence-corrected chi connectivity index (χ1v) is 8.87. The molecule has 0 atom stereocenters. The Kier molecular flexibility index (Phi) is 5.54. The molecule has 1 aromatic carbocycles. The molecular weight excluding hydrogens is 346 g/mol. The summed E-state index contributed by atoms with van der Waals surface area (Å²) in [5.41, 5.74) is 1.91. The van der Waals surface area contributed by atoms with Gasteiger partial charge < -0.3 is 10.2 Å². The Morgan fingerprint density at radius 2 is 1.96 bits per heavy atom. The number of likely N-dealkylation sites (N-methyl/N-ethyl adjacent to an activating group) is 1. The third-order valence-corrected chi connectivity index (χ3v) is 4.36. The number of anilines is 1. The minimum Gasteiger partial charge on any atom is -0.318 e. The van der Waals surface area contributed by atoms with Crippen LogP contribution in [0.2, 0.25) is 0 Å². The van der Waals surface area contributed by atoms with Gasteiger partial charge in [-0.15, -0.1) is 0 Å². The molecule has 0 spiro atoms. The van der Waals surface area contributed by atoms with Gasteiger partial charge in [-0.25, -0.2) is 9.48 Å². The number of carbonyl (C=O) groups excluding carboxylic acids is 3. The Labute approximate surface area is 157 Å². The maximum atomic E-state index is 12.3. The summed E-state index contributed by atoms with van der Waals surface area (Å²) in [6, 6.07) is 11.4. The fourth-order valence-corrected chi connectivity index (χ4v) is 3.02. The first kappa shape index (κ1) is 18.6. The van der Waals surface area contributed by atoms with Crippen molar-refractivity contribution in [2.24, 2.45) is 0 Å². The Morgan fingerprint density at radius 1 is 1.22 bits per heavy atom. The Morgan fingerprint density at radius 3 is 2.63 bits per heavy atom. The number of nitrogens with zero attached hydrogens (tertiary/aromatic N) is 4. The zero-order chi connectivity index (χ0) is 19.4. The predicted molar refractivity (Wildman–Crippen MR) is 100 cm³/mol. The van der Waals surface area contributed by atoms with E-state index < -0.39 is 0 Å². The number of hydrogen-bond donors (Lipinski definition) is 1. The molecule has 142 valence electrons. The van der Waals surface area contributed by atoms with E-state index in [1.54, 1.807) is 11.7 Å². The van der Waals surface area contributed by atoms with Gasteiger partial charge in [0.25, 0.3) is 0 Å². The molecule has 1 fully saturated rings. The first-order valence-electron chi connectivity index (χ1n) is 8.87. The quantitative estimate of drug-likeness (QED) is 0.755. The second-order valence-electron chi connectivity index (χ2n) is 6.65. The van der Waals surface area contributed by atoms with Gasteiger partial charge >= 0.3 is 6.03 Å². The third kappa shape index (κ3) is 4.52. The largest absolute Gasteiger partial charge is 0.326 e. The first-order chi connectivity index (χ1) is 12.9. The van der Waals surface area contributed by atoms with Gasteiger partial charge in [-0.2, -0.15) is 5.10 Å². The van der Waals surface area contributed by atoms with Gasteiger partial charge in [0.15, 0.2) is 0 Å². The number of aryl methyl sites for hydroxylation is 1. The number of carbonyl (C=O) groups is 3. The molecule has 8 nitrogen and oxygen atoms in total. The van der Waals surface area contributed by atoms with Crippen LogP contribution in [0.25, 0.3) is 0 Å². The average Bonchev–Trinajstić information content (AvgIpc) is 3.08. The number of amides is 4. The number of urea groups is 1. The summed E-state index contributed by atoms with van der Waals surface area (Å²) < 4.78 is 1.76. The molecular formula is C19H23N5O3. The van der Waals surface area contributed by atoms with Crippen LogP contribution in [-0.2, 0) is 16.1 Å². The van der Waals surface area contributed by atoms with Gasteiger partial charge in [-0.3, -0.25) is 14.5 Å². The van der Waals surface area contributed by atoms with Crippen LogP contribution < -0.4 is 5.32 Å². The smallest absolute Gasteiger partial charge is 0.318 e. The maximum absolute atomic E-state index is 12.3. The van der Waals surface area contributed by atoms with Gasteiger partial charge in [0, 0.05) is 26.1 Å². The molecule has 1 saturated heterocycles. The zero-order valence-electron chi connectivity index (χ0n) is 15.5. The van der Waals surface area contributed by atoms with Crippen molar-refractivity contribution in [2.75, 3.05) is 25.5 Å². The molecule has 1 aliphatic rings. The van der Waals surface area contributed by atoms with Crippen molar-refractivity contribution >= 4 is 23.7 Å². The van der Waals surface area contributed by atoms with E-state index in [0.717, 1.165) is 11.3 Å². The molecule has 1 aliphatic heterocycles. The second-order valence-corrected chi connectivity index (χ2v) is 6.65. The molecule has 0 unspecified atom stereocenters. The van der Waals surface area contributed by atoms with Gasteiger partial charge in [-0.1, -0.05) is 30.3 Å². The van der Waals surface area contributed by atoms with Crippen LogP contribution in [-0.4, -0.2) is 57.6 Å². The number of hydrogen-bond acceptors (Lipinski definition) is 4. The van der Waals surface area contributed by atoms with Gasteiger partial charge in [0.1, 0.15) is 12.4 Å². The lowest BCUT2D eigenvalue weighted by Gasteiger charge is -2.14. The van der Waals surface area contributed by atoms with Crippen LogP contribution in [0.15, 0.2) is 36.4 Å². The second kappa shape index (κ2) is 8.03. The van der Waals surface area contributed by atoms with Crippen molar-refractivity contribution in [1.29, 1.82) is 0 Å². The molecule has 0 saturated carbocycles. The number of benzene rings is 1. The van der Waals surface area contributed by atoms with Crippen LogP contribution in [0.4, 0.5) is 10.6 Å². The van der Waals surface area contributed by atoms with Crippen LogP contribution in [0.1, 0.15) is 24.1 Å². The number of nitrogens with one attached hydrogen (secondary N) is 1. The number of imide groups is 1. The van der Waals surface area contributed by atoms with E-state index in [1.165, 1.54) is 9.80 Å². The lowest BCUT2D eigenvalue weighted by Crippen LogP contribution is -2.33. The summed E-state index contributed by atoms with van der Waals surface area (Å²) in [5.74, 6) is 0.241. The van der Waals surface area contributed by atoms with Crippen molar-refractivity contribution < 1.29 is 14.4 Å². The van der Waals surface area contributed by atoms with E-state index in [0.29, 0.717) is 18.8 Å². The highest BCUT2D eigenvalue weighted by atomic mass is 16.2. The summed E-state index contributed by atoms with van der Waals surface area (Å²) in [5, 5.41) is 7.30. The summed E-state index contributed by atoms with van der Waals surface area (Å²) >= 11 is 0. The highest BCUT2D eigenvalue weighted by Gasteiger charge is 2.32. The summed E-state index contributed by atoms with van der Waals surface area (Å²) in [4.78, 5) is 38.4. The molecule has 27 heavy (non-hydrogen) atoms. The molecule has 2 aromatic rings. The van der Waals surface area contributed by atoms with E-state index in [-0.39, 0.29) is 37.4 Å². The predicted octanol–water partition coefficient (Wildman–Crippen LogP) is 1.85. The molecule has 1 aromatic heterocycles. The van der Waals surface area contributed by atoms with E-state index in [2.05, 4.69) is 10.4 Å². The monoisotopic (exact) mass is 369 g/mol. The molecule has 0 aliphatic carbocycles. The molecule has 1 N–H and O–H groups in total. The highest BCUT2D eigenvalue weighted by Crippen LogP contribution is 2.14. The SMILES string of the molecule is Cc1cc(NC(=O)CCCN2C(=O)CN(C)C2=O)n(Cc2ccccc2)n1. The molecule has 3 rings (SSSR count). The highest BCUT2D eigenvalue weighted by molar-refractivity contribution is 6.01. The van der Waals surface area contributed by atoms with E-state index in [9.17, 15) is 14.4 Å². The van der Waals surface area contributed by atoms with Gasteiger partial charge in [0.05, 0.1) is 12.2 Å². The number of aromatic nitrogens is 2. The van der Waals surface area contributed by atoms with Crippen molar-refractivity contribution in [1.82, 2.24) is 19.6 Å². The Balaban J connectivity index is 1.54. The third-order valence-electron chi connectivity index (χ3n) is 4.36. The topological polar surface area (TPSA) is 87.5 Å². The fraction of sp³-hybridized carbons (Fsp3) is 0.368. The molecule has 2 heterocycles. The maximum Gasteiger partial charge on any atom is 0.326 e. The van der Waals surface area contributed by atoms with Crippen molar-refractivity contribution in [2.45, 2.75) is 26.3 Å². The van der Waals surface area contributed by atoms with Crippen molar-refractivity contribution in [3.8, 4) is 0 Å². The lowest BCUT2D eigenvalue weighted by atomic mass is 10.2. The van der Waals surface area contributed by atoms with Crippen molar-refractivity contribution in [3.63, 3.8) is 0 Å². The van der Waals surface area contributed by atoms with Crippen LogP contribution >= 0.6 is 0 Å². The van der Waals surface area contributed by atoms with E-state index in [4.69, 9.17) is 0 Å². The normalized spacial score (nSPS) is 14.1. The summed E-state index contributed by atoms with van der Waals surface area (Å²) in [6.07, 6.45) is 0.638. The zero-order valence-corrected chi connectivity index (χ0v) is 15.5. The summed E-state index contributed by atoms with van der Waals surface area (Å²) in [7, 11) is 1.59. The average molecular weight is 369 g/mol. The molecule has 4 amide bonds. The van der Waals surface area contributed by atoms with Crippen LogP contribution in [0.5, 0.6) is 0 Å².